The smallest absolute Gasteiger partial charge is 0.179 e. The molecule has 13 rings (SSSR count). The summed E-state index contributed by atoms with van der Waals surface area (Å²) in [6.45, 7) is 0. The van der Waals surface area contributed by atoms with Crippen molar-refractivity contribution in [3.05, 3.63) is 249 Å². The molecule has 0 aliphatic heterocycles. The van der Waals surface area contributed by atoms with Crippen LogP contribution in [0.25, 0.3) is 82.5 Å². The number of hydrogen-bond acceptors (Lipinski definition) is 0. The number of aromatic nitrogens is 3. The molecule has 10 aromatic carbocycles. The Bertz CT molecular complexity index is 3730. The monoisotopic (exact) mass is 831 g/mol. The van der Waals surface area contributed by atoms with Crippen LogP contribution in [0.4, 0.5) is 0 Å². The van der Waals surface area contributed by atoms with Crippen molar-refractivity contribution >= 4 is 94.2 Å². The topological polar surface area (TPSA) is 14.8 Å². The van der Waals surface area contributed by atoms with Gasteiger partial charge in [-0.1, -0.05) is 182 Å². The molecule has 3 aromatic heterocycles. The van der Waals surface area contributed by atoms with Crippen molar-refractivity contribution in [1.29, 1.82) is 0 Å². The van der Waals surface area contributed by atoms with Gasteiger partial charge in [0.25, 0.3) is 0 Å². The third-order valence-electron chi connectivity index (χ3n) is 13.6. The Labute approximate surface area is 372 Å². The standard InChI is InChI=1S/C60H41N3Si/c1-5-19-42(20-6-1)61-57-32-18-15-29-51(57)54-39-43(34-38-58(54)61)63-59-40-44(62-55-30-16-13-27-49(55)50-28-14-17-31-56(50)62)33-36-52(59)53-37-35-48(41-60(53)63)64(45-21-7-2-8-22-45,46-23-9-3-10-24-46)47-25-11-4-12-26-47/h1-41H. The molecule has 0 N–H and O–H groups in total. The number of rotatable bonds is 7. The quantitative estimate of drug-likeness (QED) is 0.112. The van der Waals surface area contributed by atoms with E-state index in [1.807, 2.05) is 0 Å². The summed E-state index contributed by atoms with van der Waals surface area (Å²) in [5.74, 6) is 0. The first kappa shape index (κ1) is 36.5. The molecule has 0 saturated heterocycles. The zero-order valence-corrected chi connectivity index (χ0v) is 36.0. The molecular weight excluding hydrogens is 791 g/mol. The Morgan fingerprint density at radius 2 is 0.562 bits per heavy atom. The Morgan fingerprint density at radius 1 is 0.203 bits per heavy atom. The predicted molar refractivity (Wildman–Crippen MR) is 273 cm³/mol. The molecule has 3 nitrogen and oxygen atoms in total. The van der Waals surface area contributed by atoms with Gasteiger partial charge in [-0.3, -0.25) is 0 Å². The molecule has 4 heteroatoms. The number of benzene rings is 10. The van der Waals surface area contributed by atoms with Crippen LogP contribution in [0.3, 0.4) is 0 Å². The molecule has 0 unspecified atom stereocenters. The van der Waals surface area contributed by atoms with Gasteiger partial charge in [0, 0.05) is 49.4 Å². The third-order valence-corrected chi connectivity index (χ3v) is 18.3. The molecule has 0 aliphatic rings. The predicted octanol–water partition coefficient (Wildman–Crippen LogP) is 12.4. The Kier molecular flexibility index (Phi) is 8.23. The first-order valence-corrected chi connectivity index (χ1v) is 24.1. The van der Waals surface area contributed by atoms with Gasteiger partial charge in [-0.15, -0.1) is 0 Å². The second-order valence-corrected chi connectivity index (χ2v) is 20.7. The fourth-order valence-electron chi connectivity index (χ4n) is 10.9. The fourth-order valence-corrected chi connectivity index (χ4v) is 15.6. The van der Waals surface area contributed by atoms with Gasteiger partial charge in [0.15, 0.2) is 8.07 Å². The lowest BCUT2D eigenvalue weighted by Gasteiger charge is -2.34. The van der Waals surface area contributed by atoms with E-state index < -0.39 is 8.07 Å². The zero-order valence-electron chi connectivity index (χ0n) is 35.0. The van der Waals surface area contributed by atoms with E-state index in [1.165, 1.54) is 86.2 Å². The highest BCUT2D eigenvalue weighted by Crippen LogP contribution is 2.39. The molecule has 0 amide bonds. The van der Waals surface area contributed by atoms with Gasteiger partial charge in [-0.25, -0.2) is 0 Å². The van der Waals surface area contributed by atoms with E-state index in [0.717, 1.165) is 17.1 Å². The SMILES string of the molecule is c1ccc(-n2c3ccccc3c3cc(-n4c5cc(-n6c7ccccc7c7ccccc76)ccc5c5ccc([Si](c6ccccc6)(c6ccccc6)c6ccccc6)cc54)ccc32)cc1. The lowest BCUT2D eigenvalue weighted by molar-refractivity contribution is 1.15. The summed E-state index contributed by atoms with van der Waals surface area (Å²) in [4.78, 5) is 0. The second kappa shape index (κ2) is 14.5. The first-order chi connectivity index (χ1) is 31.8. The summed E-state index contributed by atoms with van der Waals surface area (Å²) in [5.41, 5.74) is 10.6. The van der Waals surface area contributed by atoms with Gasteiger partial charge in [0.2, 0.25) is 0 Å². The Morgan fingerprint density at radius 3 is 1.11 bits per heavy atom. The maximum Gasteiger partial charge on any atom is 0.179 e. The minimum absolute atomic E-state index is 1.13. The van der Waals surface area contributed by atoms with Crippen molar-refractivity contribution < 1.29 is 0 Å². The highest BCUT2D eigenvalue weighted by molar-refractivity contribution is 7.20. The molecule has 0 fully saturated rings. The summed E-state index contributed by atoms with van der Waals surface area (Å²) in [5, 5.41) is 12.9. The third kappa shape index (κ3) is 5.33. The molecule has 0 saturated carbocycles. The van der Waals surface area contributed by atoms with Crippen molar-refractivity contribution in [3.8, 4) is 17.1 Å². The van der Waals surface area contributed by atoms with Crippen molar-refractivity contribution in [2.75, 3.05) is 0 Å². The average Bonchev–Trinajstić information content (AvgIpc) is 4.00. The van der Waals surface area contributed by atoms with Crippen LogP contribution >= 0.6 is 0 Å². The second-order valence-electron chi connectivity index (χ2n) is 16.9. The van der Waals surface area contributed by atoms with Gasteiger partial charge >= 0.3 is 0 Å². The molecule has 300 valence electrons. The number of nitrogens with zero attached hydrogens (tertiary/aromatic N) is 3. The van der Waals surface area contributed by atoms with Crippen LogP contribution in [-0.2, 0) is 0 Å². The van der Waals surface area contributed by atoms with Gasteiger partial charge in [-0.05, 0) is 87.5 Å². The van der Waals surface area contributed by atoms with E-state index in [0.29, 0.717) is 0 Å². The van der Waals surface area contributed by atoms with Crippen LogP contribution in [0, 0.1) is 0 Å². The summed E-state index contributed by atoms with van der Waals surface area (Å²) in [6, 6.07) is 92.4. The first-order valence-electron chi connectivity index (χ1n) is 22.1. The minimum atomic E-state index is -2.84. The molecule has 0 bridgehead atoms. The lowest BCUT2D eigenvalue weighted by atomic mass is 10.1. The molecule has 0 aliphatic carbocycles. The number of hydrogen-bond donors (Lipinski definition) is 0. The molecule has 3 heterocycles. The summed E-state index contributed by atoms with van der Waals surface area (Å²) < 4.78 is 7.38. The molecule has 0 spiro atoms. The lowest BCUT2D eigenvalue weighted by Crippen LogP contribution is -2.74. The molecule has 0 atom stereocenters. The zero-order chi connectivity index (χ0) is 42.2. The summed E-state index contributed by atoms with van der Waals surface area (Å²) in [7, 11) is -2.84. The number of fused-ring (bicyclic) bond motifs is 9. The summed E-state index contributed by atoms with van der Waals surface area (Å²) >= 11 is 0. The van der Waals surface area contributed by atoms with E-state index >= 15 is 0 Å². The van der Waals surface area contributed by atoms with Gasteiger partial charge in [-0.2, -0.15) is 0 Å². The Hall–Kier alpha value is -8.18. The van der Waals surface area contributed by atoms with Crippen LogP contribution in [-0.4, -0.2) is 21.8 Å². The van der Waals surface area contributed by atoms with Gasteiger partial charge in [0.1, 0.15) is 0 Å². The highest BCUT2D eigenvalue weighted by atomic mass is 28.3. The van der Waals surface area contributed by atoms with Crippen molar-refractivity contribution in [2.45, 2.75) is 0 Å². The van der Waals surface area contributed by atoms with Crippen molar-refractivity contribution in [3.63, 3.8) is 0 Å². The maximum absolute atomic E-state index is 2.84. The minimum Gasteiger partial charge on any atom is -0.309 e. The Balaban J connectivity index is 1.15. The molecule has 13 aromatic rings. The van der Waals surface area contributed by atoms with E-state index in [1.54, 1.807) is 0 Å². The van der Waals surface area contributed by atoms with Gasteiger partial charge in [0.05, 0.1) is 33.1 Å². The normalized spacial score (nSPS) is 12.1. The van der Waals surface area contributed by atoms with Gasteiger partial charge < -0.3 is 13.7 Å². The highest BCUT2D eigenvalue weighted by Gasteiger charge is 2.41. The molecule has 64 heavy (non-hydrogen) atoms. The van der Waals surface area contributed by atoms with Crippen LogP contribution in [0.5, 0.6) is 0 Å². The van der Waals surface area contributed by atoms with E-state index in [4.69, 9.17) is 0 Å². The van der Waals surface area contributed by atoms with E-state index in [2.05, 4.69) is 262 Å². The molecular formula is C60H41N3Si. The van der Waals surface area contributed by atoms with Crippen molar-refractivity contribution in [1.82, 2.24) is 13.7 Å². The maximum atomic E-state index is 2.54. The largest absolute Gasteiger partial charge is 0.309 e. The van der Waals surface area contributed by atoms with Crippen LogP contribution < -0.4 is 20.7 Å². The number of para-hydroxylation sites is 4. The van der Waals surface area contributed by atoms with E-state index in [9.17, 15) is 0 Å². The summed E-state index contributed by atoms with van der Waals surface area (Å²) in [6.07, 6.45) is 0. The molecule has 0 radical (unpaired) electrons. The fraction of sp³-hybridized carbons (Fsp3) is 0. The van der Waals surface area contributed by atoms with Crippen LogP contribution in [0.15, 0.2) is 249 Å². The average molecular weight is 832 g/mol. The van der Waals surface area contributed by atoms with Crippen LogP contribution in [0.1, 0.15) is 0 Å². The van der Waals surface area contributed by atoms with Crippen LogP contribution in [0.2, 0.25) is 0 Å². The van der Waals surface area contributed by atoms with E-state index in [-0.39, 0.29) is 0 Å². The van der Waals surface area contributed by atoms with Crippen molar-refractivity contribution in [2.24, 2.45) is 0 Å².